The van der Waals surface area contributed by atoms with E-state index in [9.17, 15) is 14.4 Å². The van der Waals surface area contributed by atoms with Gasteiger partial charge in [-0.2, -0.15) is 0 Å². The highest BCUT2D eigenvalue weighted by Crippen LogP contribution is 2.13. The number of carbonyl (C=O) groups is 3. The van der Waals surface area contributed by atoms with Crippen LogP contribution in [0.15, 0.2) is 48.5 Å². The number of nitrogens with one attached hydrogen (secondary N) is 2. The van der Waals surface area contributed by atoms with Crippen LogP contribution in [0.3, 0.4) is 0 Å². The van der Waals surface area contributed by atoms with Crippen LogP contribution in [-0.2, 0) is 4.79 Å². The second-order valence-corrected chi connectivity index (χ2v) is 6.46. The third-order valence-corrected chi connectivity index (χ3v) is 3.79. The lowest BCUT2D eigenvalue weighted by molar-refractivity contribution is -0.114. The maximum absolute atomic E-state index is 12.1. The van der Waals surface area contributed by atoms with Gasteiger partial charge in [0.25, 0.3) is 11.8 Å². The number of hydrogen-bond donors (Lipinski definition) is 2. The molecule has 2 aromatic carbocycles. The summed E-state index contributed by atoms with van der Waals surface area (Å²) < 4.78 is 0. The van der Waals surface area contributed by atoms with Crippen molar-refractivity contribution in [1.29, 1.82) is 0 Å². The summed E-state index contributed by atoms with van der Waals surface area (Å²) in [5.74, 6) is -0.444. The van der Waals surface area contributed by atoms with Crippen molar-refractivity contribution < 1.29 is 14.4 Å². The molecule has 2 N–H and O–H groups in total. The molecule has 27 heavy (non-hydrogen) atoms. The molecule has 2 aromatic rings. The molecule has 0 heterocycles. The Kier molecular flexibility index (Phi) is 6.54. The van der Waals surface area contributed by atoms with Crippen molar-refractivity contribution in [2.45, 2.75) is 0 Å². The zero-order valence-corrected chi connectivity index (χ0v) is 15.9. The molecule has 0 radical (unpaired) electrons. The lowest BCUT2D eigenvalue weighted by atomic mass is 10.2. The van der Waals surface area contributed by atoms with Crippen molar-refractivity contribution in [2.75, 3.05) is 45.4 Å². The van der Waals surface area contributed by atoms with E-state index in [4.69, 9.17) is 0 Å². The molecule has 0 unspecified atom stereocenters. The van der Waals surface area contributed by atoms with E-state index in [2.05, 4.69) is 10.6 Å². The average Bonchev–Trinajstić information content (AvgIpc) is 2.65. The molecule has 0 aliphatic rings. The van der Waals surface area contributed by atoms with E-state index in [-0.39, 0.29) is 24.3 Å². The van der Waals surface area contributed by atoms with Crippen LogP contribution >= 0.6 is 0 Å². The molecule has 7 heteroatoms. The minimum atomic E-state index is -0.238. The standard InChI is InChI=1S/C20H24N4O3/c1-23(2)19(26)14-8-10-16(11-9-14)21-13-18(25)22-17-7-5-6-15(12-17)20(27)24(3)4/h5-12,21H,13H2,1-4H3,(H,22,25). The van der Waals surface area contributed by atoms with E-state index >= 15 is 0 Å². The monoisotopic (exact) mass is 368 g/mol. The Morgan fingerprint density at radius 3 is 1.96 bits per heavy atom. The molecule has 0 saturated carbocycles. The fourth-order valence-corrected chi connectivity index (χ4v) is 2.36. The van der Waals surface area contributed by atoms with Crippen LogP contribution in [0.5, 0.6) is 0 Å². The molecule has 0 fully saturated rings. The number of hydrogen-bond acceptors (Lipinski definition) is 4. The Morgan fingerprint density at radius 2 is 1.37 bits per heavy atom. The van der Waals surface area contributed by atoms with Gasteiger partial charge in [-0.25, -0.2) is 0 Å². The molecule has 2 rings (SSSR count). The number of benzene rings is 2. The first-order chi connectivity index (χ1) is 12.8. The van der Waals surface area contributed by atoms with Gasteiger partial charge in [0.1, 0.15) is 0 Å². The molecule has 3 amide bonds. The van der Waals surface area contributed by atoms with Crippen molar-refractivity contribution in [1.82, 2.24) is 9.80 Å². The topological polar surface area (TPSA) is 81.8 Å². The maximum atomic E-state index is 12.1. The molecule has 0 spiro atoms. The molecule has 0 atom stereocenters. The normalized spacial score (nSPS) is 10.1. The Balaban J connectivity index is 1.92. The summed E-state index contributed by atoms with van der Waals surface area (Å²) in [5, 5.41) is 5.76. The number of rotatable bonds is 6. The molecule has 0 aliphatic carbocycles. The molecule has 0 aliphatic heterocycles. The number of nitrogens with zero attached hydrogens (tertiary/aromatic N) is 2. The highest BCUT2D eigenvalue weighted by Gasteiger charge is 2.10. The number of carbonyl (C=O) groups excluding carboxylic acids is 3. The summed E-state index contributed by atoms with van der Waals surface area (Å²) in [6, 6.07) is 13.7. The van der Waals surface area contributed by atoms with E-state index in [1.807, 2.05) is 0 Å². The fourth-order valence-electron chi connectivity index (χ4n) is 2.36. The van der Waals surface area contributed by atoms with Gasteiger partial charge in [0.2, 0.25) is 5.91 Å². The van der Waals surface area contributed by atoms with E-state index in [0.29, 0.717) is 16.8 Å². The van der Waals surface area contributed by atoms with Gasteiger partial charge in [-0.1, -0.05) is 6.07 Å². The number of anilines is 2. The third-order valence-electron chi connectivity index (χ3n) is 3.79. The Labute approximate surface area is 159 Å². The third kappa shape index (κ3) is 5.57. The molecule has 142 valence electrons. The van der Waals surface area contributed by atoms with Crippen LogP contribution in [0, 0.1) is 0 Å². The summed E-state index contributed by atoms with van der Waals surface area (Å²) in [4.78, 5) is 39.0. The SMILES string of the molecule is CN(C)C(=O)c1ccc(NCC(=O)Nc2cccc(C(=O)N(C)C)c2)cc1. The predicted molar refractivity (Wildman–Crippen MR) is 106 cm³/mol. The summed E-state index contributed by atoms with van der Waals surface area (Å²) in [5.41, 5.74) is 2.38. The van der Waals surface area contributed by atoms with Crippen molar-refractivity contribution in [2.24, 2.45) is 0 Å². The van der Waals surface area contributed by atoms with Crippen LogP contribution in [-0.4, -0.2) is 62.3 Å². The Morgan fingerprint density at radius 1 is 0.778 bits per heavy atom. The van der Waals surface area contributed by atoms with Crippen molar-refractivity contribution in [3.63, 3.8) is 0 Å². The van der Waals surface area contributed by atoms with Gasteiger partial charge in [-0.05, 0) is 42.5 Å². The fraction of sp³-hybridized carbons (Fsp3) is 0.250. The molecule has 7 nitrogen and oxygen atoms in total. The van der Waals surface area contributed by atoms with Crippen molar-refractivity contribution in [3.8, 4) is 0 Å². The van der Waals surface area contributed by atoms with Crippen LogP contribution in [0.1, 0.15) is 20.7 Å². The quantitative estimate of drug-likeness (QED) is 0.819. The summed E-state index contributed by atoms with van der Waals surface area (Å²) >= 11 is 0. The second kappa shape index (κ2) is 8.84. The molecular weight excluding hydrogens is 344 g/mol. The van der Waals surface area contributed by atoms with E-state index in [1.54, 1.807) is 76.7 Å². The first-order valence-electron chi connectivity index (χ1n) is 8.45. The molecule has 0 aromatic heterocycles. The van der Waals surface area contributed by atoms with Gasteiger partial charge < -0.3 is 20.4 Å². The number of amides is 3. The minimum absolute atomic E-state index is 0.0623. The van der Waals surface area contributed by atoms with Gasteiger partial charge in [0, 0.05) is 50.7 Å². The molecule has 0 saturated heterocycles. The van der Waals surface area contributed by atoms with Gasteiger partial charge >= 0.3 is 0 Å². The van der Waals surface area contributed by atoms with Crippen molar-refractivity contribution in [3.05, 3.63) is 59.7 Å². The smallest absolute Gasteiger partial charge is 0.253 e. The Hall–Kier alpha value is -3.35. The first-order valence-corrected chi connectivity index (χ1v) is 8.45. The zero-order valence-electron chi connectivity index (χ0n) is 15.9. The van der Waals surface area contributed by atoms with Crippen LogP contribution in [0.25, 0.3) is 0 Å². The van der Waals surface area contributed by atoms with Crippen LogP contribution in [0.2, 0.25) is 0 Å². The lowest BCUT2D eigenvalue weighted by Gasteiger charge is -2.12. The average molecular weight is 368 g/mol. The van der Waals surface area contributed by atoms with Crippen LogP contribution in [0.4, 0.5) is 11.4 Å². The van der Waals surface area contributed by atoms with Gasteiger partial charge in [0.05, 0.1) is 6.54 Å². The highest BCUT2D eigenvalue weighted by molar-refractivity contribution is 5.98. The molecule has 0 bridgehead atoms. The van der Waals surface area contributed by atoms with E-state index < -0.39 is 0 Å². The minimum Gasteiger partial charge on any atom is -0.376 e. The maximum Gasteiger partial charge on any atom is 0.253 e. The summed E-state index contributed by atoms with van der Waals surface area (Å²) in [7, 11) is 6.74. The first kappa shape index (κ1) is 20.0. The van der Waals surface area contributed by atoms with Crippen LogP contribution < -0.4 is 10.6 Å². The summed E-state index contributed by atoms with van der Waals surface area (Å²) in [6.45, 7) is 0.0623. The highest BCUT2D eigenvalue weighted by atomic mass is 16.2. The Bertz CT molecular complexity index is 829. The summed E-state index contributed by atoms with van der Waals surface area (Å²) in [6.07, 6.45) is 0. The van der Waals surface area contributed by atoms with Crippen molar-refractivity contribution >= 4 is 29.1 Å². The molecular formula is C20H24N4O3. The second-order valence-electron chi connectivity index (χ2n) is 6.46. The largest absolute Gasteiger partial charge is 0.376 e. The van der Waals surface area contributed by atoms with Gasteiger partial charge in [0.15, 0.2) is 0 Å². The van der Waals surface area contributed by atoms with E-state index in [0.717, 1.165) is 5.69 Å². The predicted octanol–water partition coefficient (Wildman–Crippen LogP) is 2.14. The lowest BCUT2D eigenvalue weighted by Crippen LogP contribution is -2.23. The van der Waals surface area contributed by atoms with Gasteiger partial charge in [-0.15, -0.1) is 0 Å². The van der Waals surface area contributed by atoms with Gasteiger partial charge in [-0.3, -0.25) is 14.4 Å². The zero-order chi connectivity index (χ0) is 20.0. The van der Waals surface area contributed by atoms with E-state index in [1.165, 1.54) is 9.80 Å².